The number of hydrogen-bond acceptors (Lipinski definition) is 3. The summed E-state index contributed by atoms with van der Waals surface area (Å²) >= 11 is 0. The number of aromatic nitrogens is 2. The van der Waals surface area contributed by atoms with E-state index in [4.69, 9.17) is 4.74 Å². The van der Waals surface area contributed by atoms with E-state index in [1.807, 2.05) is 60.8 Å². The highest BCUT2D eigenvalue weighted by Gasteiger charge is 2.25. The molecule has 1 amide bonds. The minimum absolute atomic E-state index is 0.0364. The molecule has 1 aliphatic heterocycles. The summed E-state index contributed by atoms with van der Waals surface area (Å²) in [4.78, 5) is 20.1. The second-order valence-corrected chi connectivity index (χ2v) is 6.47. The van der Waals surface area contributed by atoms with Crippen molar-refractivity contribution >= 4 is 5.91 Å². The number of imidazole rings is 1. The molecule has 132 valence electrons. The first-order valence-electron chi connectivity index (χ1n) is 8.87. The van der Waals surface area contributed by atoms with E-state index >= 15 is 0 Å². The molecule has 0 bridgehead atoms. The quantitative estimate of drug-likeness (QED) is 0.746. The number of ether oxygens (including phenoxy) is 1. The van der Waals surface area contributed by atoms with Crippen LogP contribution in [0.1, 0.15) is 11.4 Å². The van der Waals surface area contributed by atoms with Gasteiger partial charge in [-0.3, -0.25) is 4.79 Å². The SMILES string of the molecule is O=C(NCCc1ncc(-c2ccccc2)[nH]1)[C@@H]1COc2ccccc2C1. The van der Waals surface area contributed by atoms with Gasteiger partial charge in [0.2, 0.25) is 5.91 Å². The number of aromatic amines is 1. The second-order valence-electron chi connectivity index (χ2n) is 6.47. The highest BCUT2D eigenvalue weighted by Crippen LogP contribution is 2.26. The smallest absolute Gasteiger partial charge is 0.226 e. The van der Waals surface area contributed by atoms with E-state index in [0.717, 1.165) is 34.8 Å². The molecule has 0 spiro atoms. The summed E-state index contributed by atoms with van der Waals surface area (Å²) in [6.45, 7) is 0.987. The van der Waals surface area contributed by atoms with Crippen LogP contribution in [0.4, 0.5) is 0 Å². The van der Waals surface area contributed by atoms with E-state index in [9.17, 15) is 4.79 Å². The molecule has 1 aliphatic rings. The Bertz CT molecular complexity index is 889. The van der Waals surface area contributed by atoms with Crippen LogP contribution >= 0.6 is 0 Å². The largest absolute Gasteiger partial charge is 0.492 e. The van der Waals surface area contributed by atoms with Gasteiger partial charge >= 0.3 is 0 Å². The summed E-state index contributed by atoms with van der Waals surface area (Å²) in [5.41, 5.74) is 3.19. The molecule has 5 heteroatoms. The van der Waals surface area contributed by atoms with Crippen molar-refractivity contribution in [2.45, 2.75) is 12.8 Å². The van der Waals surface area contributed by atoms with Crippen LogP contribution in [0.2, 0.25) is 0 Å². The maximum Gasteiger partial charge on any atom is 0.226 e. The summed E-state index contributed by atoms with van der Waals surface area (Å²) in [5, 5.41) is 3.00. The molecule has 5 nitrogen and oxygen atoms in total. The summed E-state index contributed by atoms with van der Waals surface area (Å²) in [5.74, 6) is 1.66. The lowest BCUT2D eigenvalue weighted by molar-refractivity contribution is -0.126. The van der Waals surface area contributed by atoms with Gasteiger partial charge in [0.05, 0.1) is 17.8 Å². The fourth-order valence-electron chi connectivity index (χ4n) is 3.20. The Hall–Kier alpha value is -3.08. The summed E-state index contributed by atoms with van der Waals surface area (Å²) in [7, 11) is 0. The van der Waals surface area contributed by atoms with Crippen LogP contribution in [-0.2, 0) is 17.6 Å². The lowest BCUT2D eigenvalue weighted by Crippen LogP contribution is -2.38. The molecular formula is C21H21N3O2. The molecule has 0 radical (unpaired) electrons. The maximum absolute atomic E-state index is 12.4. The van der Waals surface area contributed by atoms with E-state index in [1.165, 1.54) is 0 Å². The zero-order valence-corrected chi connectivity index (χ0v) is 14.4. The number of hydrogen-bond donors (Lipinski definition) is 2. The van der Waals surface area contributed by atoms with Crippen molar-refractivity contribution in [1.29, 1.82) is 0 Å². The number of H-pyrrole nitrogens is 1. The maximum atomic E-state index is 12.4. The van der Waals surface area contributed by atoms with Crippen LogP contribution in [0, 0.1) is 5.92 Å². The molecule has 0 unspecified atom stereocenters. The van der Waals surface area contributed by atoms with Crippen molar-refractivity contribution < 1.29 is 9.53 Å². The normalized spacial score (nSPS) is 15.8. The molecule has 1 atom stereocenters. The van der Waals surface area contributed by atoms with Gasteiger partial charge < -0.3 is 15.0 Å². The first kappa shape index (κ1) is 16.4. The van der Waals surface area contributed by atoms with Gasteiger partial charge in [-0.2, -0.15) is 0 Å². The first-order chi connectivity index (χ1) is 12.8. The van der Waals surface area contributed by atoms with Crippen molar-refractivity contribution in [2.75, 3.05) is 13.2 Å². The molecular weight excluding hydrogens is 326 g/mol. The van der Waals surface area contributed by atoms with Crippen molar-refractivity contribution in [3.05, 3.63) is 72.2 Å². The van der Waals surface area contributed by atoms with Gasteiger partial charge in [0.15, 0.2) is 0 Å². The van der Waals surface area contributed by atoms with Gasteiger partial charge in [-0.1, -0.05) is 48.5 Å². The molecule has 3 aromatic rings. The zero-order chi connectivity index (χ0) is 17.8. The number of nitrogens with one attached hydrogen (secondary N) is 2. The van der Waals surface area contributed by atoms with Crippen LogP contribution < -0.4 is 10.1 Å². The van der Waals surface area contributed by atoms with Crippen molar-refractivity contribution in [1.82, 2.24) is 15.3 Å². The van der Waals surface area contributed by atoms with Crippen LogP contribution in [0.3, 0.4) is 0 Å². The van der Waals surface area contributed by atoms with E-state index in [0.29, 0.717) is 19.6 Å². The first-order valence-corrected chi connectivity index (χ1v) is 8.87. The molecule has 0 saturated carbocycles. The number of carbonyl (C=O) groups is 1. The van der Waals surface area contributed by atoms with Crippen LogP contribution in [0.5, 0.6) is 5.75 Å². The lowest BCUT2D eigenvalue weighted by Gasteiger charge is -2.24. The highest BCUT2D eigenvalue weighted by molar-refractivity contribution is 5.79. The Labute approximate surface area is 152 Å². The number of carbonyl (C=O) groups excluding carboxylic acids is 1. The van der Waals surface area contributed by atoms with E-state index < -0.39 is 0 Å². The Kier molecular flexibility index (Phi) is 4.69. The predicted molar refractivity (Wildman–Crippen MR) is 99.9 cm³/mol. The van der Waals surface area contributed by atoms with E-state index in [2.05, 4.69) is 15.3 Å². The average Bonchev–Trinajstić information content (AvgIpc) is 3.17. The number of fused-ring (bicyclic) bond motifs is 1. The number of benzene rings is 2. The van der Waals surface area contributed by atoms with Crippen molar-refractivity contribution in [2.24, 2.45) is 5.92 Å². The molecule has 0 saturated heterocycles. The van der Waals surface area contributed by atoms with Crippen LogP contribution in [0.15, 0.2) is 60.8 Å². The van der Waals surface area contributed by atoms with Gasteiger partial charge in [0, 0.05) is 13.0 Å². The fourth-order valence-corrected chi connectivity index (χ4v) is 3.20. The summed E-state index contributed by atoms with van der Waals surface area (Å²) in [6, 6.07) is 18.0. The Morgan fingerprint density at radius 2 is 1.96 bits per heavy atom. The third-order valence-corrected chi connectivity index (χ3v) is 4.62. The second kappa shape index (κ2) is 7.44. The molecule has 0 fully saturated rings. The van der Waals surface area contributed by atoms with Crippen molar-refractivity contribution in [3.8, 4) is 17.0 Å². The van der Waals surface area contributed by atoms with Gasteiger partial charge in [0.25, 0.3) is 0 Å². The predicted octanol–water partition coefficient (Wildman–Crippen LogP) is 2.99. The van der Waals surface area contributed by atoms with Crippen LogP contribution in [-0.4, -0.2) is 29.0 Å². The minimum atomic E-state index is -0.138. The minimum Gasteiger partial charge on any atom is -0.492 e. The van der Waals surface area contributed by atoms with Gasteiger partial charge in [-0.15, -0.1) is 0 Å². The lowest BCUT2D eigenvalue weighted by atomic mass is 9.96. The average molecular weight is 347 g/mol. The molecule has 2 aromatic carbocycles. The third kappa shape index (κ3) is 3.61. The third-order valence-electron chi connectivity index (χ3n) is 4.62. The number of para-hydroxylation sites is 1. The topological polar surface area (TPSA) is 67.0 Å². The summed E-state index contributed by atoms with van der Waals surface area (Å²) in [6.07, 6.45) is 3.22. The van der Waals surface area contributed by atoms with Gasteiger partial charge in [0.1, 0.15) is 18.2 Å². The molecule has 0 aliphatic carbocycles. The molecule has 2 N–H and O–H groups in total. The molecule has 2 heterocycles. The molecule has 26 heavy (non-hydrogen) atoms. The fraction of sp³-hybridized carbons (Fsp3) is 0.238. The van der Waals surface area contributed by atoms with Gasteiger partial charge in [-0.05, 0) is 23.6 Å². The van der Waals surface area contributed by atoms with E-state index in [1.54, 1.807) is 0 Å². The van der Waals surface area contributed by atoms with Crippen molar-refractivity contribution in [3.63, 3.8) is 0 Å². The zero-order valence-electron chi connectivity index (χ0n) is 14.4. The van der Waals surface area contributed by atoms with E-state index in [-0.39, 0.29) is 11.8 Å². The molecule has 4 rings (SSSR count). The standard InChI is InChI=1S/C21H21N3O2/c25-21(17-12-16-8-4-5-9-19(16)26-14-17)22-11-10-20-23-13-18(24-20)15-6-2-1-3-7-15/h1-9,13,17H,10-12,14H2,(H,22,25)(H,23,24)/t17-/m0/s1. The molecule has 1 aromatic heterocycles. The van der Waals surface area contributed by atoms with Crippen LogP contribution in [0.25, 0.3) is 11.3 Å². The number of rotatable bonds is 5. The Morgan fingerprint density at radius 1 is 1.15 bits per heavy atom. The van der Waals surface area contributed by atoms with Gasteiger partial charge in [-0.25, -0.2) is 4.98 Å². The Morgan fingerprint density at radius 3 is 2.85 bits per heavy atom. The summed E-state index contributed by atoms with van der Waals surface area (Å²) < 4.78 is 5.69. The monoisotopic (exact) mass is 347 g/mol. The number of nitrogens with zero attached hydrogens (tertiary/aromatic N) is 1. The Balaban J connectivity index is 1.29. The number of amides is 1. The highest BCUT2D eigenvalue weighted by atomic mass is 16.5.